The molecule has 1 aliphatic rings. The van der Waals surface area contributed by atoms with E-state index in [2.05, 4.69) is 40.5 Å². The first kappa shape index (κ1) is 12.1. The minimum absolute atomic E-state index is 1.00. The molecule has 1 aliphatic heterocycles. The summed E-state index contributed by atoms with van der Waals surface area (Å²) in [5.41, 5.74) is 1.37. The van der Waals surface area contributed by atoms with E-state index in [1.54, 1.807) is 3.27 Å². The van der Waals surface area contributed by atoms with E-state index in [0.717, 1.165) is 13.2 Å². The first-order chi connectivity index (χ1) is 6.70. The van der Waals surface area contributed by atoms with Crippen LogP contribution in [-0.4, -0.2) is 35.0 Å². The molecule has 0 unspecified atom stereocenters. The van der Waals surface area contributed by atoms with Crippen molar-refractivity contribution in [2.75, 3.05) is 13.2 Å². The average molecular weight is 388 g/mol. The van der Waals surface area contributed by atoms with Crippen molar-refractivity contribution < 1.29 is 4.74 Å². The molecule has 0 aliphatic carbocycles. The van der Waals surface area contributed by atoms with Gasteiger partial charge in [-0.15, -0.1) is 0 Å². The van der Waals surface area contributed by atoms with Gasteiger partial charge in [-0.25, -0.2) is 0 Å². The molecule has 0 N–H and O–H groups in total. The fraction of sp³-hybridized carbons (Fsp3) is 0.500. The van der Waals surface area contributed by atoms with Crippen molar-refractivity contribution in [2.45, 2.75) is 22.6 Å². The van der Waals surface area contributed by atoms with Crippen molar-refractivity contribution in [1.29, 1.82) is 0 Å². The summed E-state index contributed by atoms with van der Waals surface area (Å²) in [5.74, 6) is 0. The second-order valence-electron chi connectivity index (χ2n) is 3.70. The molecule has 2 rings (SSSR count). The van der Waals surface area contributed by atoms with Gasteiger partial charge in [-0.1, -0.05) is 0 Å². The summed E-state index contributed by atoms with van der Waals surface area (Å²) in [6.07, 6.45) is 1.28. The Morgan fingerprint density at radius 2 is 1.50 bits per heavy atom. The fourth-order valence-electron chi connectivity index (χ4n) is 0.987. The van der Waals surface area contributed by atoms with Gasteiger partial charge in [-0.05, 0) is 6.42 Å². The monoisotopic (exact) mass is 388 g/mol. The van der Waals surface area contributed by atoms with Crippen LogP contribution in [-0.2, 0) is 4.74 Å². The van der Waals surface area contributed by atoms with Crippen molar-refractivity contribution in [3.63, 3.8) is 0 Å². The van der Waals surface area contributed by atoms with Crippen molar-refractivity contribution in [3.8, 4) is 0 Å². The SMILES string of the molecule is C1COC1.Cc1cc[c]([Bi]([CH3])[CH3])cc1. The van der Waals surface area contributed by atoms with E-state index >= 15 is 0 Å². The summed E-state index contributed by atoms with van der Waals surface area (Å²) in [6, 6.07) is 9.00. The number of hydrogen-bond donors (Lipinski definition) is 0. The molecule has 1 aromatic carbocycles. The van der Waals surface area contributed by atoms with Crippen molar-refractivity contribution in [2.24, 2.45) is 0 Å². The Balaban J connectivity index is 0.000000203. The molecule has 0 radical (unpaired) electrons. The molecule has 14 heavy (non-hydrogen) atoms. The minimum atomic E-state index is -1.11. The summed E-state index contributed by atoms with van der Waals surface area (Å²) >= 11 is -1.11. The van der Waals surface area contributed by atoms with Gasteiger partial charge in [-0.3, -0.25) is 0 Å². The Morgan fingerprint density at radius 3 is 1.79 bits per heavy atom. The molecular formula is C12H19BiO. The van der Waals surface area contributed by atoms with Gasteiger partial charge in [0.25, 0.3) is 0 Å². The molecule has 1 saturated heterocycles. The third kappa shape index (κ3) is 4.53. The normalized spacial score (nSPS) is 14.3. The quantitative estimate of drug-likeness (QED) is 0.672. The van der Waals surface area contributed by atoms with Gasteiger partial charge in [0.2, 0.25) is 0 Å². The summed E-state index contributed by atoms with van der Waals surface area (Å²) in [4.78, 5) is 0. The van der Waals surface area contributed by atoms with E-state index in [4.69, 9.17) is 4.74 Å². The first-order valence-corrected chi connectivity index (χ1v) is 13.7. The number of aryl methyl sites for hydroxylation is 1. The maximum atomic E-state index is 4.72. The van der Waals surface area contributed by atoms with E-state index in [0.29, 0.717) is 0 Å². The van der Waals surface area contributed by atoms with Crippen LogP contribution in [0, 0.1) is 6.92 Å². The van der Waals surface area contributed by atoms with E-state index in [1.807, 2.05) is 0 Å². The molecule has 0 spiro atoms. The number of benzene rings is 1. The topological polar surface area (TPSA) is 9.23 Å². The molecule has 0 aromatic heterocycles. The molecule has 2 heteroatoms. The van der Waals surface area contributed by atoms with Crippen LogP contribution in [0.4, 0.5) is 0 Å². The van der Waals surface area contributed by atoms with Crippen LogP contribution >= 0.6 is 0 Å². The van der Waals surface area contributed by atoms with Gasteiger partial charge in [-0.2, -0.15) is 0 Å². The molecule has 1 nitrogen and oxygen atoms in total. The molecule has 0 saturated carbocycles. The summed E-state index contributed by atoms with van der Waals surface area (Å²) < 4.78 is 11.2. The summed E-state index contributed by atoms with van der Waals surface area (Å²) in [7, 11) is 0. The zero-order valence-electron chi connectivity index (χ0n) is 9.29. The van der Waals surface area contributed by atoms with Crippen LogP contribution in [0.1, 0.15) is 12.0 Å². The molecular weight excluding hydrogens is 369 g/mol. The van der Waals surface area contributed by atoms with Gasteiger partial charge in [0.15, 0.2) is 0 Å². The van der Waals surface area contributed by atoms with E-state index in [9.17, 15) is 0 Å². The molecule has 1 aromatic rings. The van der Waals surface area contributed by atoms with Crippen LogP contribution in [0.5, 0.6) is 0 Å². The summed E-state index contributed by atoms with van der Waals surface area (Å²) in [5, 5.41) is 0. The molecule has 0 amide bonds. The number of ether oxygens (including phenoxy) is 1. The second-order valence-corrected chi connectivity index (χ2v) is 12.7. The van der Waals surface area contributed by atoms with Gasteiger partial charge in [0.1, 0.15) is 0 Å². The van der Waals surface area contributed by atoms with Crippen LogP contribution < -0.4 is 3.27 Å². The van der Waals surface area contributed by atoms with E-state index < -0.39 is 21.8 Å². The standard InChI is InChI=1S/C7H7.C3H6O.2CH3.Bi/c1-7-5-3-2-4-6-7;1-2-4-3-1;;;/h3-6H,1H3;1-3H2;2*1H3;. The van der Waals surface area contributed by atoms with Crippen LogP contribution in [0.3, 0.4) is 0 Å². The number of rotatable bonds is 1. The Kier molecular flexibility index (Phi) is 5.66. The van der Waals surface area contributed by atoms with Gasteiger partial charge in [0, 0.05) is 13.2 Å². The molecule has 0 bridgehead atoms. The second kappa shape index (κ2) is 6.53. The molecule has 78 valence electrons. The first-order valence-electron chi connectivity index (χ1n) is 5.02. The van der Waals surface area contributed by atoms with Crippen molar-refractivity contribution in [1.82, 2.24) is 0 Å². The van der Waals surface area contributed by atoms with Crippen molar-refractivity contribution in [3.05, 3.63) is 29.8 Å². The molecule has 1 fully saturated rings. The predicted octanol–water partition coefficient (Wildman–Crippen LogP) is 2.36. The Bertz CT molecular complexity index is 246. The molecule has 1 heterocycles. The Hall–Kier alpha value is 0.0631. The average Bonchev–Trinajstić information content (AvgIpc) is 2.01. The maximum absolute atomic E-state index is 4.72. The Labute approximate surface area is 95.2 Å². The third-order valence-corrected chi connectivity index (χ3v) is 7.30. The van der Waals surface area contributed by atoms with Crippen LogP contribution in [0.15, 0.2) is 24.3 Å². The fourth-order valence-corrected chi connectivity index (χ4v) is 3.88. The zero-order valence-corrected chi connectivity index (χ0v) is 12.8. The van der Waals surface area contributed by atoms with E-state index in [1.165, 1.54) is 12.0 Å². The van der Waals surface area contributed by atoms with Crippen molar-refractivity contribution >= 4 is 25.0 Å². The zero-order chi connectivity index (χ0) is 10.4. The summed E-state index contributed by atoms with van der Waals surface area (Å²) in [6.45, 7) is 4.14. The molecule has 0 atom stereocenters. The number of hydrogen-bond acceptors (Lipinski definition) is 1. The van der Waals surface area contributed by atoms with Crippen LogP contribution in [0.25, 0.3) is 0 Å². The van der Waals surface area contributed by atoms with Crippen LogP contribution in [0.2, 0.25) is 9.26 Å². The van der Waals surface area contributed by atoms with Gasteiger partial charge >= 0.3 is 71.0 Å². The third-order valence-electron chi connectivity index (χ3n) is 2.13. The predicted molar refractivity (Wildman–Crippen MR) is 63.7 cm³/mol. The van der Waals surface area contributed by atoms with Gasteiger partial charge < -0.3 is 4.74 Å². The van der Waals surface area contributed by atoms with Gasteiger partial charge in [0.05, 0.1) is 0 Å². The van der Waals surface area contributed by atoms with E-state index in [-0.39, 0.29) is 0 Å². The Morgan fingerprint density at radius 1 is 1.07 bits per heavy atom.